The Morgan fingerprint density at radius 1 is 1.08 bits per heavy atom. The van der Waals surface area contributed by atoms with Crippen LogP contribution in [-0.2, 0) is 16.6 Å². The lowest BCUT2D eigenvalue weighted by molar-refractivity contribution is 0.573. The Balaban J connectivity index is 1.69. The van der Waals surface area contributed by atoms with Gasteiger partial charge in [-0.05, 0) is 30.7 Å². The van der Waals surface area contributed by atoms with Crippen molar-refractivity contribution in [1.82, 2.24) is 24.2 Å². The van der Waals surface area contributed by atoms with Crippen LogP contribution in [0.2, 0.25) is 0 Å². The Morgan fingerprint density at radius 2 is 1.88 bits per heavy atom. The summed E-state index contributed by atoms with van der Waals surface area (Å²) in [4.78, 5) is 12.8. The van der Waals surface area contributed by atoms with E-state index < -0.39 is 10.0 Å². The number of rotatable bonds is 6. The smallest absolute Gasteiger partial charge is 0.240 e. The van der Waals surface area contributed by atoms with Crippen LogP contribution >= 0.6 is 0 Å². The Morgan fingerprint density at radius 3 is 2.62 bits per heavy atom. The lowest BCUT2D eigenvalue weighted by Crippen LogP contribution is -2.27. The summed E-state index contributed by atoms with van der Waals surface area (Å²) in [5, 5.41) is 0. The molecule has 3 rings (SSSR count). The first-order valence-corrected chi connectivity index (χ1v) is 8.89. The van der Waals surface area contributed by atoms with E-state index in [2.05, 4.69) is 19.7 Å². The first-order valence-electron chi connectivity index (χ1n) is 7.41. The number of nitrogens with zero attached hydrogens (tertiary/aromatic N) is 4. The number of imidazole rings is 1. The maximum absolute atomic E-state index is 12.3. The van der Waals surface area contributed by atoms with Gasteiger partial charge in [-0.1, -0.05) is 12.1 Å². The molecule has 24 heavy (non-hydrogen) atoms. The largest absolute Gasteiger partial charge is 0.327 e. The average molecular weight is 343 g/mol. The van der Waals surface area contributed by atoms with Crippen molar-refractivity contribution in [2.45, 2.75) is 18.4 Å². The maximum Gasteiger partial charge on any atom is 0.240 e. The van der Waals surface area contributed by atoms with Gasteiger partial charge in [0.1, 0.15) is 0 Å². The van der Waals surface area contributed by atoms with Crippen LogP contribution in [0.5, 0.6) is 0 Å². The zero-order chi connectivity index (χ0) is 17.0. The molecule has 0 bridgehead atoms. The molecule has 0 saturated heterocycles. The molecule has 0 amide bonds. The second-order valence-corrected chi connectivity index (χ2v) is 7.00. The summed E-state index contributed by atoms with van der Waals surface area (Å²) in [7, 11) is -3.53. The Hall–Kier alpha value is -2.58. The summed E-state index contributed by atoms with van der Waals surface area (Å²) in [5.41, 5.74) is 0.899. The van der Waals surface area contributed by atoms with Crippen LogP contribution < -0.4 is 4.72 Å². The number of benzene rings is 1. The van der Waals surface area contributed by atoms with Crippen LogP contribution in [0.4, 0.5) is 0 Å². The van der Waals surface area contributed by atoms with E-state index in [-0.39, 0.29) is 11.4 Å². The highest BCUT2D eigenvalue weighted by Crippen LogP contribution is 2.12. The molecular formula is C16H17N5O2S. The molecule has 8 heteroatoms. The zero-order valence-electron chi connectivity index (χ0n) is 13.1. The van der Waals surface area contributed by atoms with Crippen molar-refractivity contribution in [3.63, 3.8) is 0 Å². The van der Waals surface area contributed by atoms with Gasteiger partial charge in [0.05, 0.1) is 4.90 Å². The normalized spacial score (nSPS) is 11.5. The third-order valence-electron chi connectivity index (χ3n) is 3.43. The van der Waals surface area contributed by atoms with Crippen molar-refractivity contribution >= 4 is 10.0 Å². The van der Waals surface area contributed by atoms with Gasteiger partial charge >= 0.3 is 0 Å². The van der Waals surface area contributed by atoms with Gasteiger partial charge in [-0.15, -0.1) is 0 Å². The van der Waals surface area contributed by atoms with Crippen molar-refractivity contribution in [3.8, 4) is 11.6 Å². The average Bonchev–Trinajstić information content (AvgIpc) is 3.04. The maximum atomic E-state index is 12.3. The third-order valence-corrected chi connectivity index (χ3v) is 4.88. The lowest BCUT2D eigenvalue weighted by atomic mass is 10.2. The molecule has 0 aliphatic carbocycles. The summed E-state index contributed by atoms with van der Waals surface area (Å²) >= 11 is 0. The van der Waals surface area contributed by atoms with Gasteiger partial charge < -0.3 is 4.57 Å². The van der Waals surface area contributed by atoms with E-state index in [1.165, 1.54) is 0 Å². The fraction of sp³-hybridized carbons (Fsp3) is 0.188. The molecule has 2 heterocycles. The Bertz CT molecular complexity index is 922. The minimum absolute atomic E-state index is 0.243. The molecule has 1 N–H and O–H groups in total. The van der Waals surface area contributed by atoms with Gasteiger partial charge in [0.2, 0.25) is 10.0 Å². The molecule has 0 spiro atoms. The van der Waals surface area contributed by atoms with E-state index in [0.717, 1.165) is 5.56 Å². The summed E-state index contributed by atoms with van der Waals surface area (Å²) in [5.74, 6) is 1.11. The summed E-state index contributed by atoms with van der Waals surface area (Å²) in [6.07, 6.45) is 6.69. The van der Waals surface area contributed by atoms with E-state index in [0.29, 0.717) is 18.2 Å². The predicted octanol–water partition coefficient (Wildman–Crippen LogP) is 1.63. The quantitative estimate of drug-likeness (QED) is 0.735. The van der Waals surface area contributed by atoms with Gasteiger partial charge in [-0.3, -0.25) is 0 Å². The van der Waals surface area contributed by atoms with E-state index in [4.69, 9.17) is 0 Å². The van der Waals surface area contributed by atoms with Gasteiger partial charge in [0.15, 0.2) is 11.6 Å². The number of hydrogen-bond donors (Lipinski definition) is 1. The molecule has 7 nitrogen and oxygen atoms in total. The van der Waals surface area contributed by atoms with Crippen LogP contribution in [0, 0.1) is 6.92 Å². The molecule has 2 aromatic heterocycles. The van der Waals surface area contributed by atoms with E-state index in [1.807, 2.05) is 17.6 Å². The van der Waals surface area contributed by atoms with Gasteiger partial charge in [-0.2, -0.15) is 0 Å². The van der Waals surface area contributed by atoms with Crippen LogP contribution in [-0.4, -0.2) is 34.5 Å². The fourth-order valence-corrected chi connectivity index (χ4v) is 3.40. The molecule has 0 aliphatic heterocycles. The monoisotopic (exact) mass is 343 g/mol. The SMILES string of the molecule is Cc1cccc(S(=O)(=O)NCCn2ccnc2-c2ncccn2)c1. The first-order chi connectivity index (χ1) is 11.6. The highest BCUT2D eigenvalue weighted by atomic mass is 32.2. The van der Waals surface area contributed by atoms with Gasteiger partial charge in [0, 0.05) is 37.9 Å². The minimum atomic E-state index is -3.53. The van der Waals surface area contributed by atoms with Gasteiger partial charge in [0.25, 0.3) is 0 Å². The molecule has 0 saturated carbocycles. The molecular weight excluding hydrogens is 326 g/mol. The Kier molecular flexibility index (Phi) is 4.68. The minimum Gasteiger partial charge on any atom is -0.327 e. The third kappa shape index (κ3) is 3.66. The number of aryl methyl sites for hydroxylation is 1. The Labute approximate surface area is 140 Å². The lowest BCUT2D eigenvalue weighted by Gasteiger charge is -2.09. The van der Waals surface area contributed by atoms with Crippen molar-refractivity contribution in [3.05, 3.63) is 60.7 Å². The topological polar surface area (TPSA) is 89.8 Å². The molecule has 0 fully saturated rings. The van der Waals surface area contributed by atoms with Crippen molar-refractivity contribution in [2.24, 2.45) is 0 Å². The van der Waals surface area contributed by atoms with Crippen molar-refractivity contribution in [1.29, 1.82) is 0 Å². The number of hydrogen-bond acceptors (Lipinski definition) is 5. The molecule has 0 atom stereocenters. The van der Waals surface area contributed by atoms with Crippen LogP contribution in [0.15, 0.2) is 60.0 Å². The van der Waals surface area contributed by atoms with Crippen LogP contribution in [0.3, 0.4) is 0 Å². The van der Waals surface area contributed by atoms with Gasteiger partial charge in [-0.25, -0.2) is 28.1 Å². The molecule has 3 aromatic rings. The first kappa shape index (κ1) is 16.3. The fourth-order valence-electron chi connectivity index (χ4n) is 2.28. The molecule has 1 aromatic carbocycles. The highest BCUT2D eigenvalue weighted by Gasteiger charge is 2.14. The standard InChI is InChI=1S/C16H17N5O2S/c1-13-4-2-5-14(12-13)24(22,23)20-9-11-21-10-8-19-16(21)15-17-6-3-7-18-15/h2-8,10,12,20H,9,11H2,1H3. The predicted molar refractivity (Wildman–Crippen MR) is 89.6 cm³/mol. The summed E-state index contributed by atoms with van der Waals surface area (Å²) in [6, 6.07) is 8.53. The zero-order valence-corrected chi connectivity index (χ0v) is 13.9. The molecule has 0 aliphatic rings. The van der Waals surface area contributed by atoms with E-state index >= 15 is 0 Å². The summed E-state index contributed by atoms with van der Waals surface area (Å²) in [6.45, 7) is 2.53. The molecule has 0 radical (unpaired) electrons. The summed E-state index contributed by atoms with van der Waals surface area (Å²) < 4.78 is 29.0. The second-order valence-electron chi connectivity index (χ2n) is 5.23. The van der Waals surface area contributed by atoms with Crippen LogP contribution in [0.25, 0.3) is 11.6 Å². The van der Waals surface area contributed by atoms with Crippen LogP contribution in [0.1, 0.15) is 5.56 Å². The molecule has 124 valence electrons. The van der Waals surface area contributed by atoms with Crippen molar-refractivity contribution in [2.75, 3.05) is 6.54 Å². The second kappa shape index (κ2) is 6.90. The number of nitrogens with one attached hydrogen (secondary N) is 1. The number of sulfonamides is 1. The highest BCUT2D eigenvalue weighted by molar-refractivity contribution is 7.89. The number of aromatic nitrogens is 4. The molecule has 0 unspecified atom stereocenters. The van der Waals surface area contributed by atoms with E-state index in [9.17, 15) is 8.42 Å². The van der Waals surface area contributed by atoms with E-state index in [1.54, 1.807) is 49.1 Å². The van der Waals surface area contributed by atoms with Crippen molar-refractivity contribution < 1.29 is 8.42 Å².